The molecule has 0 aliphatic rings. The minimum Gasteiger partial charge on any atom is -0.330 e. The van der Waals surface area contributed by atoms with Gasteiger partial charge in [-0.1, -0.05) is 87.9 Å². The van der Waals surface area contributed by atoms with E-state index in [1.807, 2.05) is 25.1 Å². The van der Waals surface area contributed by atoms with Gasteiger partial charge in [0.1, 0.15) is 0 Å². The summed E-state index contributed by atoms with van der Waals surface area (Å²) in [5.74, 6) is -1.19. The molecule has 0 N–H and O–H groups in total. The van der Waals surface area contributed by atoms with Crippen LogP contribution in [0, 0.1) is 0 Å². The average molecular weight is 349 g/mol. The smallest absolute Gasteiger partial charge is 0.296 e. The Morgan fingerprint density at radius 3 is 1.88 bits per heavy atom. The van der Waals surface area contributed by atoms with Gasteiger partial charge in [0.15, 0.2) is 0 Å². The van der Waals surface area contributed by atoms with Gasteiger partial charge in [-0.15, -0.1) is 0 Å². The molecular formula is C22H36O3. The van der Waals surface area contributed by atoms with Crippen molar-refractivity contribution in [3.05, 3.63) is 48.0 Å². The number of ether oxygens (including phenoxy) is 3. The van der Waals surface area contributed by atoms with E-state index in [1.54, 1.807) is 21.3 Å². The highest BCUT2D eigenvalue weighted by atomic mass is 16.9. The van der Waals surface area contributed by atoms with Crippen LogP contribution in [0.2, 0.25) is 0 Å². The number of benzene rings is 1. The van der Waals surface area contributed by atoms with Crippen LogP contribution >= 0.6 is 0 Å². The zero-order chi connectivity index (χ0) is 18.8. The van der Waals surface area contributed by atoms with Crippen LogP contribution in [0.15, 0.2) is 42.5 Å². The monoisotopic (exact) mass is 348 g/mol. The van der Waals surface area contributed by atoms with Crippen LogP contribution < -0.4 is 0 Å². The molecule has 0 aliphatic carbocycles. The van der Waals surface area contributed by atoms with Gasteiger partial charge in [0, 0.05) is 21.3 Å². The van der Waals surface area contributed by atoms with Gasteiger partial charge in [-0.3, -0.25) is 0 Å². The van der Waals surface area contributed by atoms with Gasteiger partial charge in [0.05, 0.1) is 5.41 Å². The molecule has 0 saturated carbocycles. The standard InChI is InChI=1S/C22H36O3/c1-7-8-9-10-11-15-18-21(19(2)3,20-16-13-12-14-17-20)22(23-4,24-5)25-6/h12-14,16-17H,2,7-11,15,18H2,1,3-6H3. The minimum absolute atomic E-state index is 0.558. The predicted octanol–water partition coefficient (Wildman–Crippen LogP) is 5.84. The molecule has 1 rings (SSSR count). The molecule has 1 aromatic rings. The van der Waals surface area contributed by atoms with Crippen molar-refractivity contribution in [3.8, 4) is 0 Å². The summed E-state index contributed by atoms with van der Waals surface area (Å²) in [6.45, 7) is 8.58. The van der Waals surface area contributed by atoms with Gasteiger partial charge in [0.2, 0.25) is 0 Å². The van der Waals surface area contributed by atoms with Crippen molar-refractivity contribution < 1.29 is 14.2 Å². The molecule has 3 nitrogen and oxygen atoms in total. The van der Waals surface area contributed by atoms with Gasteiger partial charge in [-0.25, -0.2) is 0 Å². The molecule has 0 amide bonds. The fourth-order valence-corrected chi connectivity index (χ4v) is 3.86. The van der Waals surface area contributed by atoms with Crippen molar-refractivity contribution in [1.82, 2.24) is 0 Å². The zero-order valence-corrected chi connectivity index (χ0v) is 16.8. The van der Waals surface area contributed by atoms with E-state index in [1.165, 1.54) is 32.1 Å². The van der Waals surface area contributed by atoms with Gasteiger partial charge in [-0.05, 0) is 18.9 Å². The fourth-order valence-electron chi connectivity index (χ4n) is 3.86. The van der Waals surface area contributed by atoms with Gasteiger partial charge in [0.25, 0.3) is 5.97 Å². The van der Waals surface area contributed by atoms with Crippen molar-refractivity contribution in [2.45, 2.75) is 70.2 Å². The predicted molar refractivity (Wildman–Crippen MR) is 105 cm³/mol. The third kappa shape index (κ3) is 4.72. The largest absolute Gasteiger partial charge is 0.330 e. The molecule has 0 fully saturated rings. The van der Waals surface area contributed by atoms with Crippen LogP contribution in [0.1, 0.15) is 64.4 Å². The van der Waals surface area contributed by atoms with Crippen molar-refractivity contribution in [3.63, 3.8) is 0 Å². The number of rotatable bonds is 13. The Morgan fingerprint density at radius 1 is 0.880 bits per heavy atom. The fraction of sp³-hybridized carbons (Fsp3) is 0.636. The normalized spacial score (nSPS) is 14.3. The summed E-state index contributed by atoms with van der Waals surface area (Å²) < 4.78 is 17.4. The molecule has 0 heterocycles. The van der Waals surface area contributed by atoms with E-state index in [9.17, 15) is 0 Å². The first-order valence-corrected chi connectivity index (χ1v) is 9.41. The lowest BCUT2D eigenvalue weighted by molar-refractivity contribution is -0.382. The molecule has 0 saturated heterocycles. The molecule has 142 valence electrons. The molecule has 0 aromatic heterocycles. The number of unbranched alkanes of at least 4 members (excludes halogenated alkanes) is 5. The molecule has 1 aromatic carbocycles. The van der Waals surface area contributed by atoms with Crippen LogP contribution in [0.5, 0.6) is 0 Å². The molecule has 0 bridgehead atoms. The lowest BCUT2D eigenvalue weighted by Gasteiger charge is -2.48. The second-order valence-electron chi connectivity index (χ2n) is 6.74. The van der Waals surface area contributed by atoms with Gasteiger partial charge >= 0.3 is 0 Å². The van der Waals surface area contributed by atoms with Crippen LogP contribution in [0.4, 0.5) is 0 Å². The van der Waals surface area contributed by atoms with Crippen molar-refractivity contribution in [2.75, 3.05) is 21.3 Å². The van der Waals surface area contributed by atoms with Crippen molar-refractivity contribution >= 4 is 0 Å². The topological polar surface area (TPSA) is 27.7 Å². The number of hydrogen-bond donors (Lipinski definition) is 0. The molecular weight excluding hydrogens is 312 g/mol. The summed E-state index contributed by atoms with van der Waals surface area (Å²) in [6, 6.07) is 10.3. The maximum atomic E-state index is 5.81. The Hall–Kier alpha value is -1.16. The van der Waals surface area contributed by atoms with E-state index >= 15 is 0 Å². The highest BCUT2D eigenvalue weighted by molar-refractivity contribution is 5.37. The number of hydrogen-bond acceptors (Lipinski definition) is 3. The Kier molecular flexibility index (Phi) is 9.41. The lowest BCUT2D eigenvalue weighted by atomic mass is 9.69. The molecule has 1 unspecified atom stereocenters. The zero-order valence-electron chi connectivity index (χ0n) is 16.8. The molecule has 0 aliphatic heterocycles. The van der Waals surface area contributed by atoms with Crippen LogP contribution in [-0.4, -0.2) is 27.3 Å². The molecule has 0 radical (unpaired) electrons. The summed E-state index contributed by atoms with van der Waals surface area (Å²) >= 11 is 0. The van der Waals surface area contributed by atoms with Gasteiger partial charge in [-0.2, -0.15) is 0 Å². The third-order valence-electron chi connectivity index (χ3n) is 5.23. The molecule has 1 atom stereocenters. The summed E-state index contributed by atoms with van der Waals surface area (Å²) in [6.07, 6.45) is 8.26. The Morgan fingerprint density at radius 2 is 1.40 bits per heavy atom. The Labute approximate surface area is 154 Å². The second-order valence-corrected chi connectivity index (χ2v) is 6.74. The second kappa shape index (κ2) is 10.7. The van der Waals surface area contributed by atoms with Gasteiger partial charge < -0.3 is 14.2 Å². The van der Waals surface area contributed by atoms with Crippen molar-refractivity contribution in [1.29, 1.82) is 0 Å². The van der Waals surface area contributed by atoms with E-state index in [2.05, 4.69) is 25.6 Å². The Balaban J connectivity index is 3.17. The minimum atomic E-state index is -1.19. The molecule has 3 heteroatoms. The van der Waals surface area contributed by atoms with E-state index in [4.69, 9.17) is 14.2 Å². The lowest BCUT2D eigenvalue weighted by Crippen LogP contribution is -2.56. The first kappa shape index (κ1) is 21.9. The molecule has 0 spiro atoms. The maximum absolute atomic E-state index is 5.81. The summed E-state index contributed by atoms with van der Waals surface area (Å²) in [4.78, 5) is 0. The van der Waals surface area contributed by atoms with E-state index in [-0.39, 0.29) is 0 Å². The van der Waals surface area contributed by atoms with Crippen LogP contribution in [0.25, 0.3) is 0 Å². The van der Waals surface area contributed by atoms with E-state index in [0.717, 1.165) is 24.0 Å². The number of methoxy groups -OCH3 is 3. The first-order valence-electron chi connectivity index (χ1n) is 9.41. The first-order chi connectivity index (χ1) is 12.0. The third-order valence-corrected chi connectivity index (χ3v) is 5.23. The quantitative estimate of drug-likeness (QED) is 0.254. The summed E-state index contributed by atoms with van der Waals surface area (Å²) in [5, 5.41) is 0. The highest BCUT2D eigenvalue weighted by Gasteiger charge is 2.55. The van der Waals surface area contributed by atoms with Crippen molar-refractivity contribution in [2.24, 2.45) is 0 Å². The average Bonchev–Trinajstić information content (AvgIpc) is 2.64. The summed E-state index contributed by atoms with van der Waals surface area (Å²) in [5.41, 5.74) is 1.54. The Bertz CT molecular complexity index is 485. The van der Waals surface area contributed by atoms with Crippen LogP contribution in [0.3, 0.4) is 0 Å². The van der Waals surface area contributed by atoms with E-state index < -0.39 is 11.4 Å². The van der Waals surface area contributed by atoms with E-state index in [0.29, 0.717) is 0 Å². The van der Waals surface area contributed by atoms with Crippen LogP contribution in [-0.2, 0) is 19.6 Å². The summed E-state index contributed by atoms with van der Waals surface area (Å²) in [7, 11) is 4.90. The SMILES string of the molecule is C=C(C)C(CCCCCCCC)(c1ccccc1)C(OC)(OC)OC. The molecule has 25 heavy (non-hydrogen) atoms. The maximum Gasteiger partial charge on any atom is 0.296 e. The highest BCUT2D eigenvalue weighted by Crippen LogP contribution is 2.48.